The smallest absolute Gasteiger partial charge is 0.443 e. The molecule has 0 aromatic heterocycles. The van der Waals surface area contributed by atoms with E-state index in [4.69, 9.17) is 9.47 Å². The van der Waals surface area contributed by atoms with E-state index in [1.165, 1.54) is 89.9 Å². The van der Waals surface area contributed by atoms with Gasteiger partial charge in [0.15, 0.2) is 11.9 Å². The standard InChI is InChI=1S/C40H76O10P/c1-3-5-7-9-11-13-15-17-18-20-22-24-26-28-30-32-38(45)50-39(37(34-42)49-40(36(44)33-41)51(46,47)48)35(43)31-29-27-25-23-21-19-16-14-12-10-8-6-4-2/h17-18,37,39-42,46-48H,3-16,19-34H2,1-2H3/q+1/t37-,39?,40?/m0/s1. The van der Waals surface area contributed by atoms with E-state index < -0.39 is 56.7 Å². The van der Waals surface area contributed by atoms with Crippen LogP contribution in [0.1, 0.15) is 194 Å². The van der Waals surface area contributed by atoms with Crippen LogP contribution in [0.25, 0.3) is 0 Å². The Balaban J connectivity index is 4.73. The molecule has 0 aromatic rings. The predicted octanol–water partition coefficient (Wildman–Crippen LogP) is 8.99. The first kappa shape index (κ1) is 49.7. The minimum atomic E-state index is -4.97. The number of aliphatic hydroxyl groups is 2. The van der Waals surface area contributed by atoms with Gasteiger partial charge in [-0.15, -0.1) is 0 Å². The largest absolute Gasteiger partial charge is 0.451 e. The lowest BCUT2D eigenvalue weighted by Crippen LogP contribution is -2.46. The van der Waals surface area contributed by atoms with Crippen LogP contribution in [0.5, 0.6) is 0 Å². The topological polar surface area (TPSA) is 171 Å². The second kappa shape index (κ2) is 34.5. The van der Waals surface area contributed by atoms with Gasteiger partial charge in [-0.05, 0) is 38.5 Å². The van der Waals surface area contributed by atoms with Crippen molar-refractivity contribution in [2.75, 3.05) is 13.2 Å². The van der Waals surface area contributed by atoms with Crippen molar-refractivity contribution in [3.8, 4) is 0 Å². The summed E-state index contributed by atoms with van der Waals surface area (Å²) < 4.78 is 10.8. The summed E-state index contributed by atoms with van der Waals surface area (Å²) in [6, 6.07) is 0. The summed E-state index contributed by atoms with van der Waals surface area (Å²) in [6.07, 6.45) is 30.6. The van der Waals surface area contributed by atoms with E-state index in [-0.39, 0.29) is 12.8 Å². The molecule has 0 aliphatic heterocycles. The van der Waals surface area contributed by atoms with E-state index in [9.17, 15) is 39.3 Å². The highest BCUT2D eigenvalue weighted by Gasteiger charge is 2.52. The average Bonchev–Trinajstić information content (AvgIpc) is 3.10. The van der Waals surface area contributed by atoms with Crippen molar-refractivity contribution in [1.82, 2.24) is 0 Å². The third kappa shape index (κ3) is 28.9. The normalized spacial score (nSPS) is 13.8. The van der Waals surface area contributed by atoms with Crippen LogP contribution in [0, 0.1) is 0 Å². The number of rotatable bonds is 38. The van der Waals surface area contributed by atoms with Gasteiger partial charge in [0.05, 0.1) is 6.61 Å². The first-order chi connectivity index (χ1) is 24.6. The van der Waals surface area contributed by atoms with Crippen LogP contribution in [0.2, 0.25) is 0 Å². The molecule has 10 nitrogen and oxygen atoms in total. The monoisotopic (exact) mass is 748 g/mol. The summed E-state index contributed by atoms with van der Waals surface area (Å²) in [6.45, 7) is 2.39. The van der Waals surface area contributed by atoms with Crippen LogP contribution in [0.4, 0.5) is 0 Å². The number of allylic oxidation sites excluding steroid dienone is 2. The van der Waals surface area contributed by atoms with Gasteiger partial charge in [-0.3, -0.25) is 14.4 Å². The highest BCUT2D eigenvalue weighted by atomic mass is 31.2. The number of hydrogen-bond donors (Lipinski definition) is 5. The highest BCUT2D eigenvalue weighted by Crippen LogP contribution is 2.51. The number of unbranched alkanes of at least 4 members (excludes halogenated alkanes) is 23. The molecule has 3 atom stereocenters. The van der Waals surface area contributed by atoms with Crippen molar-refractivity contribution in [2.45, 2.75) is 212 Å². The van der Waals surface area contributed by atoms with Gasteiger partial charge in [0.2, 0.25) is 5.78 Å². The first-order valence-corrected chi connectivity index (χ1v) is 22.2. The molecule has 0 aliphatic carbocycles. The molecule has 0 amide bonds. The minimum Gasteiger partial charge on any atom is -0.451 e. The Bertz CT molecular complexity index is 876. The van der Waals surface area contributed by atoms with Gasteiger partial charge < -0.3 is 19.7 Å². The van der Waals surface area contributed by atoms with Crippen molar-refractivity contribution in [3.63, 3.8) is 0 Å². The number of carbonyl (C=O) groups excluding carboxylic acids is 3. The number of esters is 1. The van der Waals surface area contributed by atoms with Gasteiger partial charge in [0, 0.05) is 12.8 Å². The Morgan fingerprint density at radius 1 is 0.549 bits per heavy atom. The number of aliphatic hydroxyl groups excluding tert-OH is 2. The minimum absolute atomic E-state index is 0.0409. The molecule has 51 heavy (non-hydrogen) atoms. The molecule has 0 aliphatic rings. The molecule has 2 unspecified atom stereocenters. The van der Waals surface area contributed by atoms with Gasteiger partial charge in [-0.1, -0.05) is 154 Å². The molecule has 0 fully saturated rings. The van der Waals surface area contributed by atoms with E-state index in [0.29, 0.717) is 12.8 Å². The Morgan fingerprint density at radius 3 is 1.33 bits per heavy atom. The maximum atomic E-state index is 13.3. The van der Waals surface area contributed by atoms with Crippen LogP contribution >= 0.6 is 7.94 Å². The van der Waals surface area contributed by atoms with E-state index >= 15 is 0 Å². The van der Waals surface area contributed by atoms with Gasteiger partial charge in [0.1, 0.15) is 12.7 Å². The third-order valence-corrected chi connectivity index (χ3v) is 10.4. The molecule has 0 saturated heterocycles. The molecule has 0 spiro atoms. The van der Waals surface area contributed by atoms with Crippen LogP contribution in [-0.4, -0.2) is 73.7 Å². The molecule has 0 rings (SSSR count). The maximum Gasteiger partial charge on any atom is 0.443 e. The first-order valence-electron chi connectivity index (χ1n) is 20.5. The zero-order valence-electron chi connectivity index (χ0n) is 32.3. The van der Waals surface area contributed by atoms with Crippen LogP contribution in [0.15, 0.2) is 12.2 Å². The number of carbonyl (C=O) groups is 3. The molecule has 5 N–H and O–H groups in total. The summed E-state index contributed by atoms with van der Waals surface area (Å²) in [5.41, 5.74) is 0. The van der Waals surface area contributed by atoms with Crippen LogP contribution < -0.4 is 0 Å². The zero-order valence-corrected chi connectivity index (χ0v) is 33.2. The summed E-state index contributed by atoms with van der Waals surface area (Å²) >= 11 is 0. The van der Waals surface area contributed by atoms with Crippen molar-refractivity contribution >= 4 is 25.5 Å². The van der Waals surface area contributed by atoms with Crippen molar-refractivity contribution < 1.29 is 48.8 Å². The number of ketones is 2. The zero-order chi connectivity index (χ0) is 38.0. The van der Waals surface area contributed by atoms with Gasteiger partial charge in [-0.2, -0.15) is 14.7 Å². The van der Waals surface area contributed by atoms with Crippen molar-refractivity contribution in [1.29, 1.82) is 0 Å². The number of Topliss-reactive ketones (excluding diaryl/α,β-unsaturated/α-hetero) is 2. The van der Waals surface area contributed by atoms with Crippen molar-refractivity contribution in [2.24, 2.45) is 0 Å². The molecule has 0 heterocycles. The summed E-state index contributed by atoms with van der Waals surface area (Å²) in [7, 11) is -4.97. The quantitative estimate of drug-likeness (QED) is 0.0178. The fourth-order valence-corrected chi connectivity index (χ4v) is 6.94. The number of ether oxygens (including phenoxy) is 2. The second-order valence-electron chi connectivity index (χ2n) is 14.2. The molecule has 0 radical (unpaired) electrons. The summed E-state index contributed by atoms with van der Waals surface area (Å²) in [5.74, 6) is -4.71. The summed E-state index contributed by atoms with van der Waals surface area (Å²) in [4.78, 5) is 67.4. The average molecular weight is 748 g/mol. The fourth-order valence-electron chi connectivity index (χ4n) is 6.15. The molecule has 11 heteroatoms. The van der Waals surface area contributed by atoms with E-state index in [1.54, 1.807) is 0 Å². The Morgan fingerprint density at radius 2 is 0.941 bits per heavy atom. The lowest BCUT2D eigenvalue weighted by molar-refractivity contribution is -0.171. The van der Waals surface area contributed by atoms with E-state index in [1.807, 2.05) is 0 Å². The Kier molecular flexibility index (Phi) is 33.7. The maximum absolute atomic E-state index is 13.3. The Hall–Kier alpha value is -1.26. The lowest BCUT2D eigenvalue weighted by Gasteiger charge is -2.27. The molecular formula is C40H76O10P+. The SMILES string of the molecule is CCCCCCCCC=CCCCCCCCC(=O)OC(C(=O)CCCCCCCCCCCCCCC)[C@H](CO)OC(C(=O)CO)[P+](O)(O)O. The predicted molar refractivity (Wildman–Crippen MR) is 206 cm³/mol. The Labute approximate surface area is 310 Å². The molecule has 0 aromatic carbocycles. The fraction of sp³-hybridized carbons (Fsp3) is 0.875. The van der Waals surface area contributed by atoms with Gasteiger partial charge in [0.25, 0.3) is 0 Å². The summed E-state index contributed by atoms with van der Waals surface area (Å²) in [5, 5.41) is 19.3. The van der Waals surface area contributed by atoms with Gasteiger partial charge in [-0.25, -0.2) is 0 Å². The third-order valence-electron chi connectivity index (χ3n) is 9.31. The van der Waals surface area contributed by atoms with Crippen LogP contribution in [0.3, 0.4) is 0 Å². The highest BCUT2D eigenvalue weighted by molar-refractivity contribution is 7.60. The van der Waals surface area contributed by atoms with Crippen molar-refractivity contribution in [3.05, 3.63) is 12.2 Å². The molecule has 0 saturated carbocycles. The molecule has 0 bridgehead atoms. The van der Waals surface area contributed by atoms with E-state index in [0.717, 1.165) is 64.2 Å². The van der Waals surface area contributed by atoms with Crippen LogP contribution in [-0.2, 0) is 23.9 Å². The van der Waals surface area contributed by atoms with E-state index in [2.05, 4.69) is 26.0 Å². The van der Waals surface area contributed by atoms with Gasteiger partial charge >= 0.3 is 19.8 Å². The lowest BCUT2D eigenvalue weighted by atomic mass is 10.0. The molecule has 300 valence electrons. The molecular weight excluding hydrogens is 671 g/mol. The second-order valence-corrected chi connectivity index (χ2v) is 15.9. The number of hydrogen-bond acceptors (Lipinski definition) is 10.